The number of rotatable bonds is 3. The van der Waals surface area contributed by atoms with E-state index in [-0.39, 0.29) is 11.0 Å². The van der Waals surface area contributed by atoms with E-state index < -0.39 is 0 Å². The van der Waals surface area contributed by atoms with Gasteiger partial charge in [-0.3, -0.25) is 4.79 Å². The van der Waals surface area contributed by atoms with Crippen LogP contribution >= 0.6 is 11.8 Å². The van der Waals surface area contributed by atoms with Crippen molar-refractivity contribution in [1.82, 2.24) is 19.9 Å². The lowest BCUT2D eigenvalue weighted by atomic mass is 10.3. The molecule has 1 atom stereocenters. The molecular formula is C9H10N4OS. The Balaban J connectivity index is 2.35. The number of ketones is 1. The summed E-state index contributed by atoms with van der Waals surface area (Å²) in [4.78, 5) is 26.3. The zero-order valence-corrected chi connectivity index (χ0v) is 9.21. The van der Waals surface area contributed by atoms with E-state index in [2.05, 4.69) is 19.9 Å². The topological polar surface area (TPSA) is 71.5 Å². The predicted molar refractivity (Wildman–Crippen MR) is 57.7 cm³/mol. The van der Waals surface area contributed by atoms with E-state index in [1.807, 2.05) is 6.92 Å². The van der Waals surface area contributed by atoms with Gasteiger partial charge in [0.15, 0.2) is 5.65 Å². The third-order valence-corrected chi connectivity index (χ3v) is 3.27. The van der Waals surface area contributed by atoms with E-state index >= 15 is 0 Å². The monoisotopic (exact) mass is 222 g/mol. The second-order valence-electron chi connectivity index (χ2n) is 3.15. The fourth-order valence-electron chi connectivity index (χ4n) is 1.08. The molecule has 0 saturated carbocycles. The van der Waals surface area contributed by atoms with Crippen LogP contribution in [0.3, 0.4) is 0 Å². The number of Topliss-reactive ketones (excluding diaryl/α,β-unsaturated/α-hetero) is 1. The van der Waals surface area contributed by atoms with Crippen molar-refractivity contribution in [3.05, 3.63) is 12.7 Å². The highest BCUT2D eigenvalue weighted by Gasteiger charge is 2.13. The normalized spacial score (nSPS) is 12.9. The quantitative estimate of drug-likeness (QED) is 0.628. The van der Waals surface area contributed by atoms with Crippen LogP contribution in [0.4, 0.5) is 0 Å². The second-order valence-corrected chi connectivity index (χ2v) is 4.48. The summed E-state index contributed by atoms with van der Waals surface area (Å²) in [6.07, 6.45) is 3.03. The lowest BCUT2D eigenvalue weighted by molar-refractivity contribution is -0.116. The molecule has 1 N–H and O–H groups in total. The van der Waals surface area contributed by atoms with Gasteiger partial charge in [0.05, 0.1) is 11.6 Å². The number of thioether (sulfide) groups is 1. The molecule has 1 unspecified atom stereocenters. The third kappa shape index (κ3) is 1.99. The van der Waals surface area contributed by atoms with Crippen molar-refractivity contribution < 1.29 is 4.79 Å². The number of carbonyl (C=O) groups is 1. The van der Waals surface area contributed by atoms with Gasteiger partial charge in [-0.25, -0.2) is 15.0 Å². The van der Waals surface area contributed by atoms with Crippen LogP contribution < -0.4 is 0 Å². The maximum atomic E-state index is 11.1. The van der Waals surface area contributed by atoms with E-state index in [1.165, 1.54) is 18.1 Å². The van der Waals surface area contributed by atoms with Crippen LogP contribution in [0.2, 0.25) is 0 Å². The zero-order chi connectivity index (χ0) is 10.8. The van der Waals surface area contributed by atoms with Crippen LogP contribution in [-0.4, -0.2) is 31.0 Å². The van der Waals surface area contributed by atoms with Gasteiger partial charge in [-0.1, -0.05) is 11.8 Å². The molecule has 2 aromatic heterocycles. The Labute approximate surface area is 90.7 Å². The molecule has 0 aromatic carbocycles. The molecule has 0 aliphatic carbocycles. The number of aromatic nitrogens is 4. The van der Waals surface area contributed by atoms with E-state index in [9.17, 15) is 4.79 Å². The van der Waals surface area contributed by atoms with Gasteiger partial charge >= 0.3 is 0 Å². The molecule has 0 saturated heterocycles. The van der Waals surface area contributed by atoms with Gasteiger partial charge in [-0.05, 0) is 13.8 Å². The largest absolute Gasteiger partial charge is 0.341 e. The van der Waals surface area contributed by atoms with Crippen molar-refractivity contribution in [2.75, 3.05) is 0 Å². The first-order valence-electron chi connectivity index (χ1n) is 4.49. The fraction of sp³-hybridized carbons (Fsp3) is 0.333. The maximum absolute atomic E-state index is 11.1. The first-order chi connectivity index (χ1) is 7.18. The smallest absolute Gasteiger partial charge is 0.181 e. The number of H-pyrrole nitrogens is 1. The van der Waals surface area contributed by atoms with Gasteiger partial charge in [-0.2, -0.15) is 0 Å². The van der Waals surface area contributed by atoms with E-state index in [0.717, 1.165) is 10.5 Å². The average molecular weight is 222 g/mol. The van der Waals surface area contributed by atoms with E-state index in [1.54, 1.807) is 13.3 Å². The Hall–Kier alpha value is -1.43. The molecule has 0 bridgehead atoms. The summed E-state index contributed by atoms with van der Waals surface area (Å²) in [5, 5.41) is 0.659. The number of imidazole rings is 1. The molecule has 0 fully saturated rings. The van der Waals surface area contributed by atoms with E-state index in [4.69, 9.17) is 0 Å². The second kappa shape index (κ2) is 3.98. The molecule has 78 valence electrons. The molecule has 5 nitrogen and oxygen atoms in total. The Bertz CT molecular complexity index is 496. The molecule has 2 aromatic rings. The summed E-state index contributed by atoms with van der Waals surface area (Å²) >= 11 is 1.41. The van der Waals surface area contributed by atoms with Gasteiger partial charge < -0.3 is 4.98 Å². The highest BCUT2D eigenvalue weighted by molar-refractivity contribution is 8.00. The van der Waals surface area contributed by atoms with Crippen LogP contribution in [0.5, 0.6) is 0 Å². The minimum Gasteiger partial charge on any atom is -0.341 e. The number of hydrogen-bond donors (Lipinski definition) is 1. The number of fused-ring (bicyclic) bond motifs is 1. The summed E-state index contributed by atoms with van der Waals surface area (Å²) in [6, 6.07) is 0. The maximum Gasteiger partial charge on any atom is 0.181 e. The minimum absolute atomic E-state index is 0.105. The van der Waals surface area contributed by atoms with Crippen molar-refractivity contribution in [1.29, 1.82) is 0 Å². The number of aromatic amines is 1. The van der Waals surface area contributed by atoms with Gasteiger partial charge in [0.1, 0.15) is 22.7 Å². The molecule has 0 radical (unpaired) electrons. The summed E-state index contributed by atoms with van der Waals surface area (Å²) in [7, 11) is 0. The summed E-state index contributed by atoms with van der Waals surface area (Å²) in [5.74, 6) is 0.131. The zero-order valence-electron chi connectivity index (χ0n) is 8.39. The molecule has 2 heterocycles. The molecule has 2 rings (SSSR count). The van der Waals surface area contributed by atoms with Crippen LogP contribution in [0, 0.1) is 0 Å². The fourth-order valence-corrected chi connectivity index (χ4v) is 1.96. The summed E-state index contributed by atoms with van der Waals surface area (Å²) in [6.45, 7) is 3.43. The highest BCUT2D eigenvalue weighted by Crippen LogP contribution is 2.25. The highest BCUT2D eigenvalue weighted by atomic mass is 32.2. The van der Waals surface area contributed by atoms with Gasteiger partial charge in [0, 0.05) is 0 Å². The lowest BCUT2D eigenvalue weighted by Crippen LogP contribution is -2.08. The summed E-state index contributed by atoms with van der Waals surface area (Å²) in [5.41, 5.74) is 1.42. The van der Waals surface area contributed by atoms with Crippen LogP contribution in [0.1, 0.15) is 13.8 Å². The number of nitrogens with one attached hydrogen (secondary N) is 1. The van der Waals surface area contributed by atoms with Gasteiger partial charge in [-0.15, -0.1) is 0 Å². The number of nitrogens with zero attached hydrogens (tertiary/aromatic N) is 3. The molecule has 0 aliphatic heterocycles. The van der Waals surface area contributed by atoms with Crippen LogP contribution in [0.25, 0.3) is 11.2 Å². The first kappa shape index (κ1) is 10.1. The number of carbonyl (C=O) groups excluding carboxylic acids is 1. The lowest BCUT2D eigenvalue weighted by Gasteiger charge is -2.05. The molecule has 15 heavy (non-hydrogen) atoms. The van der Waals surface area contributed by atoms with E-state index in [0.29, 0.717) is 5.65 Å². The Kier molecular flexibility index (Phi) is 2.68. The summed E-state index contributed by atoms with van der Waals surface area (Å²) < 4.78 is 0. The molecular weight excluding hydrogens is 212 g/mol. The van der Waals surface area contributed by atoms with Crippen LogP contribution in [0.15, 0.2) is 17.7 Å². The Morgan fingerprint density at radius 2 is 2.27 bits per heavy atom. The van der Waals surface area contributed by atoms with Crippen LogP contribution in [-0.2, 0) is 4.79 Å². The van der Waals surface area contributed by atoms with Crippen molar-refractivity contribution >= 4 is 28.7 Å². The Morgan fingerprint density at radius 3 is 3.00 bits per heavy atom. The van der Waals surface area contributed by atoms with Crippen molar-refractivity contribution in [3.8, 4) is 0 Å². The standard InChI is InChI=1S/C9H10N4OS/c1-5(14)6(2)15-9-7-8(11-3-10-7)12-4-13-9/h3-4,6H,1-2H3,(H,10,11,12,13). The van der Waals surface area contributed by atoms with Crippen molar-refractivity contribution in [3.63, 3.8) is 0 Å². The average Bonchev–Trinajstić information content (AvgIpc) is 2.66. The predicted octanol–water partition coefficient (Wildman–Crippen LogP) is 1.42. The van der Waals surface area contributed by atoms with Gasteiger partial charge in [0.25, 0.3) is 0 Å². The molecule has 6 heteroatoms. The first-order valence-corrected chi connectivity index (χ1v) is 5.37. The molecule has 0 amide bonds. The minimum atomic E-state index is -0.105. The van der Waals surface area contributed by atoms with Gasteiger partial charge in [0.2, 0.25) is 0 Å². The third-order valence-electron chi connectivity index (χ3n) is 2.05. The molecule has 0 aliphatic rings. The van der Waals surface area contributed by atoms with Crippen molar-refractivity contribution in [2.45, 2.75) is 24.1 Å². The van der Waals surface area contributed by atoms with Crippen molar-refractivity contribution in [2.24, 2.45) is 0 Å². The molecule has 0 spiro atoms. The SMILES string of the molecule is CC(=O)C(C)Sc1ncnc2nc[nH]c12. The Morgan fingerprint density at radius 1 is 1.47 bits per heavy atom. The number of hydrogen-bond acceptors (Lipinski definition) is 5.